The van der Waals surface area contributed by atoms with Gasteiger partial charge in [-0.2, -0.15) is 0 Å². The SMILES string of the molecule is COC(=O)c1cc2cc(-c3ccc(N(c4ccccc4)c4ccccc4)cc3)ccc2oc1=O. The molecule has 5 rings (SSSR count). The van der Waals surface area contributed by atoms with Crippen molar-refractivity contribution in [2.24, 2.45) is 0 Å². The summed E-state index contributed by atoms with van der Waals surface area (Å²) in [5.41, 5.74) is 4.68. The molecule has 5 aromatic rings. The van der Waals surface area contributed by atoms with Gasteiger partial charge in [-0.25, -0.2) is 9.59 Å². The minimum Gasteiger partial charge on any atom is -0.465 e. The normalized spacial score (nSPS) is 10.7. The Morgan fingerprint density at radius 1 is 0.706 bits per heavy atom. The van der Waals surface area contributed by atoms with E-state index < -0.39 is 11.6 Å². The van der Waals surface area contributed by atoms with Gasteiger partial charge in [0.1, 0.15) is 11.1 Å². The Bertz CT molecular complexity index is 1470. The van der Waals surface area contributed by atoms with E-state index in [1.165, 1.54) is 13.2 Å². The van der Waals surface area contributed by atoms with Gasteiger partial charge in [-0.1, -0.05) is 54.6 Å². The van der Waals surface area contributed by atoms with E-state index in [9.17, 15) is 9.59 Å². The van der Waals surface area contributed by atoms with Crippen LogP contribution in [0, 0.1) is 0 Å². The molecule has 5 nitrogen and oxygen atoms in total. The Hall–Kier alpha value is -4.64. The first kappa shape index (κ1) is 21.2. The predicted octanol–water partition coefficient (Wildman–Crippen LogP) is 6.72. The molecule has 0 aliphatic carbocycles. The summed E-state index contributed by atoms with van der Waals surface area (Å²) in [5, 5.41) is 0.650. The number of carbonyl (C=O) groups is 1. The van der Waals surface area contributed by atoms with Crippen molar-refractivity contribution in [1.82, 2.24) is 0 Å². The first-order chi connectivity index (χ1) is 16.6. The van der Waals surface area contributed by atoms with Gasteiger partial charge in [0.2, 0.25) is 0 Å². The summed E-state index contributed by atoms with van der Waals surface area (Å²) in [7, 11) is 1.23. The van der Waals surface area contributed by atoms with Crippen molar-refractivity contribution in [3.05, 3.63) is 125 Å². The molecule has 0 aliphatic rings. The number of methoxy groups -OCH3 is 1. The highest BCUT2D eigenvalue weighted by Crippen LogP contribution is 2.35. The minimum absolute atomic E-state index is 0.121. The molecule has 0 atom stereocenters. The van der Waals surface area contributed by atoms with Crippen molar-refractivity contribution in [1.29, 1.82) is 0 Å². The maximum atomic E-state index is 12.1. The van der Waals surface area contributed by atoms with Gasteiger partial charge >= 0.3 is 11.6 Å². The van der Waals surface area contributed by atoms with Crippen molar-refractivity contribution in [3.8, 4) is 11.1 Å². The van der Waals surface area contributed by atoms with Gasteiger partial charge in [0, 0.05) is 22.4 Å². The van der Waals surface area contributed by atoms with Crippen LogP contribution in [0.25, 0.3) is 22.1 Å². The number of anilines is 3. The van der Waals surface area contributed by atoms with Gasteiger partial charge < -0.3 is 14.1 Å². The van der Waals surface area contributed by atoms with Gasteiger partial charge in [-0.05, 0) is 65.7 Å². The molecule has 0 bridgehead atoms. The second kappa shape index (κ2) is 9.08. The van der Waals surface area contributed by atoms with Gasteiger partial charge in [-0.3, -0.25) is 0 Å². The van der Waals surface area contributed by atoms with E-state index in [2.05, 4.69) is 58.2 Å². The quantitative estimate of drug-likeness (QED) is 0.221. The second-order valence-corrected chi connectivity index (χ2v) is 7.75. The van der Waals surface area contributed by atoms with Crippen LogP contribution < -0.4 is 10.5 Å². The van der Waals surface area contributed by atoms with E-state index in [0.717, 1.165) is 28.2 Å². The Morgan fingerprint density at radius 3 is 1.85 bits per heavy atom. The summed E-state index contributed by atoms with van der Waals surface area (Å²) in [6.07, 6.45) is 0. The Kier molecular flexibility index (Phi) is 5.67. The average molecular weight is 447 g/mol. The Labute approximate surface area is 196 Å². The maximum absolute atomic E-state index is 12.1. The number of nitrogens with zero attached hydrogens (tertiary/aromatic N) is 1. The molecule has 5 heteroatoms. The topological polar surface area (TPSA) is 59.8 Å². The molecule has 0 fully saturated rings. The number of esters is 1. The highest BCUT2D eigenvalue weighted by molar-refractivity contribution is 5.94. The van der Waals surface area contributed by atoms with Crippen molar-refractivity contribution < 1.29 is 13.9 Å². The van der Waals surface area contributed by atoms with Crippen LogP contribution in [0.2, 0.25) is 0 Å². The van der Waals surface area contributed by atoms with Gasteiger partial charge in [-0.15, -0.1) is 0 Å². The van der Waals surface area contributed by atoms with Crippen LogP contribution in [0.15, 0.2) is 118 Å². The summed E-state index contributed by atoms with van der Waals surface area (Å²) in [6.45, 7) is 0. The fourth-order valence-corrected chi connectivity index (χ4v) is 3.96. The van der Waals surface area contributed by atoms with E-state index in [0.29, 0.717) is 11.0 Å². The molecule has 0 aliphatic heterocycles. The van der Waals surface area contributed by atoms with Crippen molar-refractivity contribution in [2.45, 2.75) is 0 Å². The minimum atomic E-state index is -0.715. The van der Waals surface area contributed by atoms with Gasteiger partial charge in [0.05, 0.1) is 7.11 Å². The summed E-state index contributed by atoms with van der Waals surface area (Å²) >= 11 is 0. The molecular weight excluding hydrogens is 426 g/mol. The zero-order valence-corrected chi connectivity index (χ0v) is 18.5. The second-order valence-electron chi connectivity index (χ2n) is 7.75. The van der Waals surface area contributed by atoms with Crippen LogP contribution in [0.1, 0.15) is 10.4 Å². The third kappa shape index (κ3) is 4.07. The molecule has 0 saturated carbocycles. The first-order valence-electron chi connectivity index (χ1n) is 10.8. The number of hydrogen-bond acceptors (Lipinski definition) is 5. The van der Waals surface area contributed by atoms with Crippen LogP contribution in [-0.4, -0.2) is 13.1 Å². The van der Waals surface area contributed by atoms with Gasteiger partial charge in [0.15, 0.2) is 0 Å². The van der Waals surface area contributed by atoms with E-state index in [4.69, 9.17) is 4.42 Å². The fourth-order valence-electron chi connectivity index (χ4n) is 3.96. The monoisotopic (exact) mass is 447 g/mol. The number of ether oxygens (including phenoxy) is 1. The highest BCUT2D eigenvalue weighted by Gasteiger charge is 2.15. The predicted molar refractivity (Wildman–Crippen MR) is 134 cm³/mol. The van der Waals surface area contributed by atoms with Crippen molar-refractivity contribution in [2.75, 3.05) is 12.0 Å². The summed E-state index contributed by atoms with van der Waals surface area (Å²) < 4.78 is 9.98. The van der Waals surface area contributed by atoms with Crippen LogP contribution in [0.3, 0.4) is 0 Å². The molecule has 0 amide bonds. The zero-order chi connectivity index (χ0) is 23.5. The Balaban J connectivity index is 1.53. The smallest absolute Gasteiger partial charge is 0.351 e. The number of hydrogen-bond donors (Lipinski definition) is 0. The molecule has 4 aromatic carbocycles. The largest absolute Gasteiger partial charge is 0.465 e. The lowest BCUT2D eigenvalue weighted by atomic mass is 10.0. The molecule has 0 saturated heterocycles. The van der Waals surface area contributed by atoms with E-state index >= 15 is 0 Å². The summed E-state index contributed by atoms with van der Waals surface area (Å²) in [5.74, 6) is -0.715. The molecule has 0 unspecified atom stereocenters. The average Bonchev–Trinajstić information content (AvgIpc) is 2.89. The molecule has 0 radical (unpaired) electrons. The molecule has 0 spiro atoms. The van der Waals surface area contributed by atoms with E-state index in [-0.39, 0.29) is 5.56 Å². The van der Waals surface area contributed by atoms with Crippen LogP contribution in [0.5, 0.6) is 0 Å². The van der Waals surface area contributed by atoms with Gasteiger partial charge in [0.25, 0.3) is 0 Å². The molecule has 166 valence electrons. The number of benzene rings is 4. The number of para-hydroxylation sites is 2. The maximum Gasteiger partial charge on any atom is 0.351 e. The number of carbonyl (C=O) groups excluding carboxylic acids is 1. The van der Waals surface area contributed by atoms with Crippen molar-refractivity contribution >= 4 is 34.0 Å². The lowest BCUT2D eigenvalue weighted by Crippen LogP contribution is -2.14. The zero-order valence-electron chi connectivity index (χ0n) is 18.5. The highest BCUT2D eigenvalue weighted by atomic mass is 16.5. The third-order valence-electron chi connectivity index (χ3n) is 5.63. The molecule has 1 heterocycles. The molecule has 0 N–H and O–H groups in total. The van der Waals surface area contributed by atoms with E-state index in [1.54, 1.807) is 6.07 Å². The lowest BCUT2D eigenvalue weighted by Gasteiger charge is -2.25. The number of fused-ring (bicyclic) bond motifs is 1. The third-order valence-corrected chi connectivity index (χ3v) is 5.63. The molecule has 34 heavy (non-hydrogen) atoms. The first-order valence-corrected chi connectivity index (χ1v) is 10.8. The Morgan fingerprint density at radius 2 is 1.26 bits per heavy atom. The summed E-state index contributed by atoms with van der Waals surface area (Å²) in [4.78, 5) is 26.1. The molecular formula is C29H21NO4. The molecule has 1 aromatic heterocycles. The fraction of sp³-hybridized carbons (Fsp3) is 0.0345. The van der Waals surface area contributed by atoms with Crippen LogP contribution >= 0.6 is 0 Å². The lowest BCUT2D eigenvalue weighted by molar-refractivity contribution is 0.0596. The van der Waals surface area contributed by atoms with E-state index in [1.807, 2.05) is 48.5 Å². The standard InChI is InChI=1S/C29H21NO4/c1-33-28(31)26-19-22-18-21(14-17-27(22)34-29(26)32)20-12-15-25(16-13-20)30(23-8-4-2-5-9-23)24-10-6-3-7-11-24/h2-19H,1H3. The van der Waals surface area contributed by atoms with Crippen LogP contribution in [-0.2, 0) is 4.74 Å². The number of rotatable bonds is 5. The van der Waals surface area contributed by atoms with Crippen molar-refractivity contribution in [3.63, 3.8) is 0 Å². The summed E-state index contributed by atoms with van der Waals surface area (Å²) in [6, 6.07) is 35.7. The van der Waals surface area contributed by atoms with Crippen LogP contribution in [0.4, 0.5) is 17.1 Å².